The summed E-state index contributed by atoms with van der Waals surface area (Å²) in [6.07, 6.45) is -0.497. The fourth-order valence-corrected chi connectivity index (χ4v) is 1.50. The third kappa shape index (κ3) is 2.75. The predicted octanol–water partition coefficient (Wildman–Crippen LogP) is 2.37. The zero-order valence-electron chi connectivity index (χ0n) is 9.84. The normalized spacial score (nSPS) is 13.8. The van der Waals surface area contributed by atoms with Crippen LogP contribution in [0.1, 0.15) is 24.2 Å². The van der Waals surface area contributed by atoms with E-state index >= 15 is 0 Å². The molecule has 1 N–H and O–H groups in total. The fourth-order valence-electron chi connectivity index (χ4n) is 1.50. The maximum Gasteiger partial charge on any atom is 0.414 e. The van der Waals surface area contributed by atoms with Crippen LogP contribution in [0.15, 0.2) is 24.3 Å². The Balaban J connectivity index is 0.000000686. The Morgan fingerprint density at radius 3 is 2.53 bits per heavy atom. The van der Waals surface area contributed by atoms with Crippen molar-refractivity contribution >= 4 is 17.7 Å². The second kappa shape index (κ2) is 5.89. The molecule has 5 heteroatoms. The summed E-state index contributed by atoms with van der Waals surface area (Å²) in [7, 11) is 0. The molecule has 1 amide bonds. The first-order chi connectivity index (χ1) is 8.20. The van der Waals surface area contributed by atoms with Gasteiger partial charge < -0.3 is 9.84 Å². The summed E-state index contributed by atoms with van der Waals surface area (Å²) in [4.78, 5) is 23.5. The molecule has 0 spiro atoms. The van der Waals surface area contributed by atoms with Crippen LogP contribution in [0.3, 0.4) is 0 Å². The van der Waals surface area contributed by atoms with Gasteiger partial charge in [-0.25, -0.2) is 9.59 Å². The molecule has 1 aromatic carbocycles. The maximum absolute atomic E-state index is 11.3. The molecule has 1 heterocycles. The van der Waals surface area contributed by atoms with Crippen LogP contribution in [0.25, 0.3) is 0 Å². The van der Waals surface area contributed by atoms with Crippen molar-refractivity contribution in [1.29, 1.82) is 0 Å². The number of carboxylic acid groups (broad SMARTS) is 1. The van der Waals surface area contributed by atoms with Gasteiger partial charge in [0.05, 0.1) is 17.8 Å². The molecule has 1 aromatic rings. The average molecular weight is 237 g/mol. The molecule has 0 saturated carbocycles. The van der Waals surface area contributed by atoms with Crippen molar-refractivity contribution in [2.75, 3.05) is 18.1 Å². The number of carbonyl (C=O) groups is 2. The number of nitrogens with zero attached hydrogens (tertiary/aromatic N) is 1. The molecule has 0 aliphatic carbocycles. The van der Waals surface area contributed by atoms with Crippen LogP contribution in [-0.4, -0.2) is 30.3 Å². The molecule has 92 valence electrons. The van der Waals surface area contributed by atoms with Gasteiger partial charge in [0, 0.05) is 0 Å². The number of amides is 1. The van der Waals surface area contributed by atoms with Crippen molar-refractivity contribution in [2.45, 2.75) is 13.8 Å². The SMILES string of the molecule is CC.O=C(O)c1ccccc1N1CCOC1=O. The maximum atomic E-state index is 11.3. The number of para-hydroxylation sites is 1. The lowest BCUT2D eigenvalue weighted by molar-refractivity contribution is 0.0697. The zero-order chi connectivity index (χ0) is 12.8. The molecule has 1 saturated heterocycles. The molecule has 1 aliphatic heterocycles. The van der Waals surface area contributed by atoms with Gasteiger partial charge in [-0.15, -0.1) is 0 Å². The summed E-state index contributed by atoms with van der Waals surface area (Å²) < 4.78 is 4.75. The van der Waals surface area contributed by atoms with Crippen LogP contribution in [0, 0.1) is 0 Å². The number of hydrogen-bond acceptors (Lipinski definition) is 3. The van der Waals surface area contributed by atoms with Gasteiger partial charge in [0.2, 0.25) is 0 Å². The number of benzene rings is 1. The van der Waals surface area contributed by atoms with Gasteiger partial charge in [0.25, 0.3) is 0 Å². The Bertz CT molecular complexity index is 417. The minimum atomic E-state index is -1.05. The summed E-state index contributed by atoms with van der Waals surface area (Å²) in [6, 6.07) is 6.36. The number of ether oxygens (including phenoxy) is 1. The lowest BCUT2D eigenvalue weighted by atomic mass is 10.1. The standard InChI is InChI=1S/C10H9NO4.C2H6/c12-9(13)7-3-1-2-4-8(7)11-5-6-15-10(11)14;1-2/h1-4H,5-6H2,(H,12,13);1-2H3. The molecule has 0 unspecified atom stereocenters. The van der Waals surface area contributed by atoms with Crippen LogP contribution < -0.4 is 4.90 Å². The highest BCUT2D eigenvalue weighted by Gasteiger charge is 2.26. The Kier molecular flexibility index (Phi) is 4.51. The first kappa shape index (κ1) is 13.0. The van der Waals surface area contributed by atoms with E-state index in [2.05, 4.69) is 0 Å². The number of carboxylic acids is 1. The van der Waals surface area contributed by atoms with E-state index in [0.29, 0.717) is 18.8 Å². The molecular weight excluding hydrogens is 222 g/mol. The van der Waals surface area contributed by atoms with Crippen molar-refractivity contribution in [1.82, 2.24) is 0 Å². The minimum Gasteiger partial charge on any atom is -0.478 e. The number of cyclic esters (lactones) is 1. The van der Waals surface area contributed by atoms with Crippen LogP contribution in [0.5, 0.6) is 0 Å². The highest BCUT2D eigenvalue weighted by atomic mass is 16.6. The van der Waals surface area contributed by atoms with Gasteiger partial charge in [-0.2, -0.15) is 0 Å². The van der Waals surface area contributed by atoms with Crippen molar-refractivity contribution in [3.8, 4) is 0 Å². The number of anilines is 1. The molecule has 2 rings (SSSR count). The minimum absolute atomic E-state index is 0.108. The highest BCUT2D eigenvalue weighted by molar-refractivity contribution is 6.00. The second-order valence-corrected chi connectivity index (χ2v) is 3.09. The fraction of sp³-hybridized carbons (Fsp3) is 0.333. The average Bonchev–Trinajstić information content (AvgIpc) is 2.78. The van der Waals surface area contributed by atoms with E-state index in [0.717, 1.165) is 0 Å². The largest absolute Gasteiger partial charge is 0.478 e. The second-order valence-electron chi connectivity index (χ2n) is 3.09. The molecule has 0 radical (unpaired) electrons. The molecule has 0 atom stereocenters. The summed E-state index contributed by atoms with van der Waals surface area (Å²) in [5.41, 5.74) is 0.490. The molecule has 1 fully saturated rings. The molecule has 17 heavy (non-hydrogen) atoms. The van der Waals surface area contributed by atoms with E-state index in [1.807, 2.05) is 13.8 Å². The quantitative estimate of drug-likeness (QED) is 0.857. The Labute approximate surface area is 99.6 Å². The van der Waals surface area contributed by atoms with Gasteiger partial charge >= 0.3 is 12.1 Å². The lowest BCUT2D eigenvalue weighted by Gasteiger charge is -2.14. The molecule has 5 nitrogen and oxygen atoms in total. The van der Waals surface area contributed by atoms with Crippen molar-refractivity contribution in [2.24, 2.45) is 0 Å². The van der Waals surface area contributed by atoms with Crippen LogP contribution in [0.4, 0.5) is 10.5 Å². The van der Waals surface area contributed by atoms with Crippen LogP contribution >= 0.6 is 0 Å². The van der Waals surface area contributed by atoms with Crippen molar-refractivity contribution in [3.05, 3.63) is 29.8 Å². The smallest absolute Gasteiger partial charge is 0.414 e. The number of rotatable bonds is 2. The third-order valence-corrected chi connectivity index (χ3v) is 2.19. The first-order valence-electron chi connectivity index (χ1n) is 5.47. The zero-order valence-corrected chi connectivity index (χ0v) is 9.84. The highest BCUT2D eigenvalue weighted by Crippen LogP contribution is 2.23. The van der Waals surface area contributed by atoms with Crippen molar-refractivity contribution < 1.29 is 19.4 Å². The molecule has 1 aliphatic rings. The third-order valence-electron chi connectivity index (χ3n) is 2.19. The Morgan fingerprint density at radius 2 is 2.00 bits per heavy atom. The number of carbonyl (C=O) groups excluding carboxylic acids is 1. The number of aromatic carboxylic acids is 1. The van der Waals surface area contributed by atoms with Gasteiger partial charge in [0.15, 0.2) is 0 Å². The predicted molar refractivity (Wildman–Crippen MR) is 63.4 cm³/mol. The Morgan fingerprint density at radius 1 is 1.35 bits per heavy atom. The summed E-state index contributed by atoms with van der Waals surface area (Å²) in [6.45, 7) is 4.69. The van der Waals surface area contributed by atoms with E-state index < -0.39 is 12.1 Å². The van der Waals surface area contributed by atoms with Crippen molar-refractivity contribution in [3.63, 3.8) is 0 Å². The van der Waals surface area contributed by atoms with E-state index in [4.69, 9.17) is 9.84 Å². The first-order valence-corrected chi connectivity index (χ1v) is 5.47. The van der Waals surface area contributed by atoms with E-state index in [1.54, 1.807) is 18.2 Å². The van der Waals surface area contributed by atoms with Crippen LogP contribution in [0.2, 0.25) is 0 Å². The molecule has 0 bridgehead atoms. The van der Waals surface area contributed by atoms with E-state index in [-0.39, 0.29) is 5.56 Å². The van der Waals surface area contributed by atoms with Crippen LogP contribution in [-0.2, 0) is 4.74 Å². The van der Waals surface area contributed by atoms with Gasteiger partial charge in [-0.05, 0) is 12.1 Å². The van der Waals surface area contributed by atoms with Gasteiger partial charge in [-0.3, -0.25) is 4.90 Å². The van der Waals surface area contributed by atoms with E-state index in [9.17, 15) is 9.59 Å². The topological polar surface area (TPSA) is 66.8 Å². The van der Waals surface area contributed by atoms with E-state index in [1.165, 1.54) is 11.0 Å². The summed E-state index contributed by atoms with van der Waals surface area (Å²) in [5, 5.41) is 8.93. The lowest BCUT2D eigenvalue weighted by Crippen LogP contribution is -2.25. The molecule has 0 aromatic heterocycles. The van der Waals surface area contributed by atoms with Gasteiger partial charge in [0.1, 0.15) is 6.61 Å². The van der Waals surface area contributed by atoms with Gasteiger partial charge in [-0.1, -0.05) is 26.0 Å². The summed E-state index contributed by atoms with van der Waals surface area (Å²) in [5.74, 6) is -1.05. The number of hydrogen-bond donors (Lipinski definition) is 1. The monoisotopic (exact) mass is 237 g/mol. The Hall–Kier alpha value is -2.04. The summed E-state index contributed by atoms with van der Waals surface area (Å²) >= 11 is 0. The molecular formula is C12H15NO4.